The predicted molar refractivity (Wildman–Crippen MR) is 94.2 cm³/mol. The third-order valence-corrected chi connectivity index (χ3v) is 6.21. The molecule has 1 N–H and O–H groups in total. The number of carbonyl (C=O) groups is 1. The fraction of sp³-hybridized carbons (Fsp3) is 0.588. The second kappa shape index (κ2) is 7.51. The summed E-state index contributed by atoms with van der Waals surface area (Å²) in [6.07, 6.45) is 1.17. The first kappa shape index (κ1) is 19.4. The van der Waals surface area contributed by atoms with E-state index < -0.39 is 15.4 Å². The molecule has 1 heterocycles. The maximum absolute atomic E-state index is 12.2. The molecule has 0 saturated carbocycles. The largest absolute Gasteiger partial charge is 0.493 e. The number of amides is 1. The van der Waals surface area contributed by atoms with Gasteiger partial charge in [0.25, 0.3) is 0 Å². The number of nitrogens with one attached hydrogen (secondary N) is 1. The van der Waals surface area contributed by atoms with Crippen molar-refractivity contribution in [2.75, 3.05) is 32.8 Å². The van der Waals surface area contributed by atoms with Gasteiger partial charge < -0.3 is 19.5 Å². The highest BCUT2D eigenvalue weighted by molar-refractivity contribution is 7.91. The van der Waals surface area contributed by atoms with E-state index in [1.165, 1.54) is 21.3 Å². The summed E-state index contributed by atoms with van der Waals surface area (Å²) in [5.74, 6) is 1.51. The van der Waals surface area contributed by atoms with Gasteiger partial charge in [0.1, 0.15) is 0 Å². The van der Waals surface area contributed by atoms with E-state index in [4.69, 9.17) is 14.2 Å². The summed E-state index contributed by atoms with van der Waals surface area (Å²) in [7, 11) is 1.55. The van der Waals surface area contributed by atoms with Crippen LogP contribution >= 0.6 is 0 Å². The molecule has 8 heteroatoms. The molecule has 1 saturated heterocycles. The summed E-state index contributed by atoms with van der Waals surface area (Å²) in [5.41, 5.74) is 0.194. The second-order valence-electron chi connectivity index (χ2n) is 6.48. The third kappa shape index (κ3) is 4.78. The van der Waals surface area contributed by atoms with Crippen LogP contribution in [0.1, 0.15) is 25.3 Å². The van der Waals surface area contributed by atoms with E-state index in [9.17, 15) is 13.2 Å². The quantitative estimate of drug-likeness (QED) is 0.778. The van der Waals surface area contributed by atoms with Crippen molar-refractivity contribution in [1.29, 1.82) is 0 Å². The number of hydrogen-bond acceptors (Lipinski definition) is 6. The maximum Gasteiger partial charge on any atom is 0.220 e. The van der Waals surface area contributed by atoms with E-state index in [1.807, 2.05) is 0 Å². The highest BCUT2D eigenvalue weighted by atomic mass is 32.2. The van der Waals surface area contributed by atoms with E-state index in [1.54, 1.807) is 19.1 Å². The van der Waals surface area contributed by atoms with Gasteiger partial charge in [0, 0.05) is 6.42 Å². The molecule has 1 aromatic rings. The molecule has 1 aromatic carbocycles. The number of carbonyl (C=O) groups excluding carboxylic acids is 1. The molecule has 1 aliphatic heterocycles. The van der Waals surface area contributed by atoms with Crippen LogP contribution in [0.2, 0.25) is 0 Å². The van der Waals surface area contributed by atoms with Crippen molar-refractivity contribution in [2.24, 2.45) is 0 Å². The molecule has 0 unspecified atom stereocenters. The summed E-state index contributed by atoms with van der Waals surface area (Å²) < 4.78 is 39.1. The smallest absolute Gasteiger partial charge is 0.220 e. The molecule has 1 aliphatic rings. The topological polar surface area (TPSA) is 90.9 Å². The Hall–Kier alpha value is -1.96. The number of ether oxygens (including phenoxy) is 3. The number of hydrogen-bond donors (Lipinski definition) is 1. The van der Waals surface area contributed by atoms with Crippen LogP contribution in [0.4, 0.5) is 0 Å². The van der Waals surface area contributed by atoms with Gasteiger partial charge in [-0.1, -0.05) is 0 Å². The summed E-state index contributed by atoms with van der Waals surface area (Å²) in [4.78, 5) is 12.2. The Morgan fingerprint density at radius 1 is 1.16 bits per heavy atom. The van der Waals surface area contributed by atoms with E-state index >= 15 is 0 Å². The summed E-state index contributed by atoms with van der Waals surface area (Å²) >= 11 is 0. The minimum Gasteiger partial charge on any atom is -0.493 e. The molecule has 0 aromatic heterocycles. The lowest BCUT2D eigenvalue weighted by molar-refractivity contribution is -0.122. The van der Waals surface area contributed by atoms with Crippen molar-refractivity contribution in [3.8, 4) is 17.2 Å². The van der Waals surface area contributed by atoms with Crippen LogP contribution in [0, 0.1) is 0 Å². The predicted octanol–water partition coefficient (Wildman–Crippen LogP) is 1.34. The van der Waals surface area contributed by atoms with Crippen molar-refractivity contribution in [3.05, 3.63) is 17.7 Å². The van der Waals surface area contributed by atoms with Gasteiger partial charge in [-0.3, -0.25) is 4.79 Å². The Labute approximate surface area is 148 Å². The first-order valence-corrected chi connectivity index (χ1v) is 9.84. The normalized spacial score (nSPS) is 21.6. The number of rotatable bonds is 7. The van der Waals surface area contributed by atoms with Crippen molar-refractivity contribution in [3.63, 3.8) is 0 Å². The average Bonchev–Trinajstić information content (AvgIpc) is 2.84. The minimum atomic E-state index is -3.05. The van der Waals surface area contributed by atoms with Crippen LogP contribution in [0.15, 0.2) is 12.1 Å². The molecule has 0 radical (unpaired) electrons. The Balaban J connectivity index is 2.02. The van der Waals surface area contributed by atoms with Crippen molar-refractivity contribution in [1.82, 2.24) is 5.32 Å². The number of aryl methyl sites for hydroxylation is 1. The monoisotopic (exact) mass is 371 g/mol. The zero-order valence-corrected chi connectivity index (χ0v) is 15.9. The van der Waals surface area contributed by atoms with E-state index in [-0.39, 0.29) is 23.8 Å². The van der Waals surface area contributed by atoms with E-state index in [2.05, 4.69) is 5.32 Å². The lowest BCUT2D eigenvalue weighted by Crippen LogP contribution is -2.47. The fourth-order valence-corrected chi connectivity index (χ4v) is 5.14. The summed E-state index contributed by atoms with van der Waals surface area (Å²) in [5, 5.41) is 2.86. The molecule has 0 aliphatic carbocycles. The zero-order valence-electron chi connectivity index (χ0n) is 15.0. The summed E-state index contributed by atoms with van der Waals surface area (Å²) in [6, 6.07) is 3.60. The lowest BCUT2D eigenvalue weighted by atomic mass is 10.0. The Morgan fingerprint density at radius 2 is 1.76 bits per heavy atom. The van der Waals surface area contributed by atoms with Crippen LogP contribution in [-0.2, 0) is 21.1 Å². The van der Waals surface area contributed by atoms with Crippen LogP contribution in [-0.4, -0.2) is 52.7 Å². The average molecular weight is 371 g/mol. The van der Waals surface area contributed by atoms with Crippen LogP contribution in [0.25, 0.3) is 0 Å². The zero-order chi connectivity index (χ0) is 18.7. The van der Waals surface area contributed by atoms with Gasteiger partial charge in [-0.25, -0.2) is 8.42 Å². The van der Waals surface area contributed by atoms with E-state index in [0.717, 1.165) is 5.56 Å². The molecule has 1 fully saturated rings. The first-order valence-electron chi connectivity index (χ1n) is 8.02. The molecule has 2 rings (SSSR count). The van der Waals surface area contributed by atoms with Crippen LogP contribution in [0.3, 0.4) is 0 Å². The fourth-order valence-electron chi connectivity index (χ4n) is 3.05. The second-order valence-corrected chi connectivity index (χ2v) is 8.67. The molecule has 0 bridgehead atoms. The molecule has 25 heavy (non-hydrogen) atoms. The molecular formula is C17H25NO6S. The van der Waals surface area contributed by atoms with E-state index in [0.29, 0.717) is 30.1 Å². The molecule has 7 nitrogen and oxygen atoms in total. The molecule has 1 amide bonds. The Morgan fingerprint density at radius 3 is 2.20 bits per heavy atom. The maximum atomic E-state index is 12.2. The van der Waals surface area contributed by atoms with Crippen molar-refractivity contribution < 1.29 is 27.4 Å². The number of sulfone groups is 1. The van der Waals surface area contributed by atoms with Gasteiger partial charge in [-0.05, 0) is 37.5 Å². The van der Waals surface area contributed by atoms with Gasteiger partial charge >= 0.3 is 0 Å². The summed E-state index contributed by atoms with van der Waals surface area (Å²) in [6.45, 7) is 1.77. The van der Waals surface area contributed by atoms with Crippen molar-refractivity contribution in [2.45, 2.75) is 31.7 Å². The minimum absolute atomic E-state index is 0.00405. The highest BCUT2D eigenvalue weighted by Crippen LogP contribution is 2.38. The van der Waals surface area contributed by atoms with Gasteiger partial charge in [0.15, 0.2) is 21.3 Å². The Kier molecular flexibility index (Phi) is 5.82. The molecular weight excluding hydrogens is 346 g/mol. The number of methoxy groups -OCH3 is 3. The van der Waals surface area contributed by atoms with Gasteiger partial charge in [-0.15, -0.1) is 0 Å². The van der Waals surface area contributed by atoms with Gasteiger partial charge in [-0.2, -0.15) is 0 Å². The molecule has 140 valence electrons. The molecule has 0 spiro atoms. The standard InChI is InChI=1S/C17H25NO6S/c1-17(7-8-25(20,21)11-17)18-15(19)6-5-12-9-13(22-2)16(24-4)14(10-12)23-3/h9-10H,5-8,11H2,1-4H3,(H,18,19)/t17-/m0/s1. The SMILES string of the molecule is COc1cc(CCC(=O)N[C@@]2(C)CCS(=O)(=O)C2)cc(OC)c1OC. The van der Waals surface area contributed by atoms with Gasteiger partial charge in [0.2, 0.25) is 11.7 Å². The van der Waals surface area contributed by atoms with Crippen LogP contribution in [0.5, 0.6) is 17.2 Å². The molecule has 1 atom stereocenters. The first-order chi connectivity index (χ1) is 11.7. The van der Waals surface area contributed by atoms with Crippen molar-refractivity contribution >= 4 is 15.7 Å². The van der Waals surface area contributed by atoms with Crippen LogP contribution < -0.4 is 19.5 Å². The third-order valence-electron chi connectivity index (χ3n) is 4.31. The number of benzene rings is 1. The lowest BCUT2D eigenvalue weighted by Gasteiger charge is -2.24. The Bertz CT molecular complexity index is 721. The highest BCUT2D eigenvalue weighted by Gasteiger charge is 2.39. The van der Waals surface area contributed by atoms with Gasteiger partial charge in [0.05, 0.1) is 38.4 Å².